The molecule has 1 aliphatic carbocycles. The van der Waals surface area contributed by atoms with Gasteiger partial charge in [0, 0.05) is 68.8 Å². The predicted molar refractivity (Wildman–Crippen MR) is 213 cm³/mol. The molecule has 2 aromatic carbocycles. The van der Waals surface area contributed by atoms with Crippen LogP contribution in [0.1, 0.15) is 65.3 Å². The molecule has 0 saturated carbocycles. The van der Waals surface area contributed by atoms with Gasteiger partial charge in [-0.3, -0.25) is 29.4 Å². The minimum Gasteiger partial charge on any atom is -0.384 e. The predicted octanol–water partition coefficient (Wildman–Crippen LogP) is 3.53. The number of allylic oxidation sites excluding steroid dienone is 1. The Kier molecular flexibility index (Phi) is 9.20. The highest BCUT2D eigenvalue weighted by Gasteiger charge is 2.40. The third-order valence-electron chi connectivity index (χ3n) is 11.9. The van der Waals surface area contributed by atoms with Gasteiger partial charge < -0.3 is 20.2 Å². The number of aryl methyl sites for hydroxylation is 1. The van der Waals surface area contributed by atoms with E-state index < -0.39 is 17.6 Å². The zero-order chi connectivity index (χ0) is 39.4. The van der Waals surface area contributed by atoms with E-state index >= 15 is 0 Å². The van der Waals surface area contributed by atoms with E-state index in [9.17, 15) is 24.3 Å². The molecule has 0 spiro atoms. The number of hydrogen-bond acceptors (Lipinski definition) is 11. The fourth-order valence-electron chi connectivity index (χ4n) is 8.62. The molecule has 0 bridgehead atoms. The van der Waals surface area contributed by atoms with Crippen LogP contribution in [0.5, 0.6) is 0 Å². The maximum absolute atomic E-state index is 13.5. The lowest BCUT2D eigenvalue weighted by molar-refractivity contribution is -0.136. The quantitative estimate of drug-likeness (QED) is 0.140. The van der Waals surface area contributed by atoms with Crippen LogP contribution in [-0.4, -0.2) is 89.2 Å². The number of amides is 3. The zero-order valence-electron chi connectivity index (χ0n) is 31.8. The van der Waals surface area contributed by atoms with E-state index in [-0.39, 0.29) is 30.3 Å². The molecule has 2 fully saturated rings. The van der Waals surface area contributed by atoms with Gasteiger partial charge in [-0.05, 0) is 78.8 Å². The summed E-state index contributed by atoms with van der Waals surface area (Å²) in [6.45, 7) is 10.6. The minimum atomic E-state index is -1.00. The number of imide groups is 1. The summed E-state index contributed by atoms with van der Waals surface area (Å²) < 4.78 is 3.22. The molecule has 2 saturated heterocycles. The van der Waals surface area contributed by atoms with E-state index in [0.717, 1.165) is 61.6 Å². The number of piperazine rings is 1. The molecule has 15 nitrogen and oxygen atoms in total. The van der Waals surface area contributed by atoms with Crippen molar-refractivity contribution in [1.82, 2.24) is 39.4 Å². The maximum atomic E-state index is 13.5. The number of rotatable bonds is 10. The molecular formula is C42H44N10O5. The zero-order valence-corrected chi connectivity index (χ0v) is 31.8. The van der Waals surface area contributed by atoms with Gasteiger partial charge in [0.15, 0.2) is 11.5 Å². The largest absolute Gasteiger partial charge is 0.384 e. The van der Waals surface area contributed by atoms with Crippen molar-refractivity contribution in [3.63, 3.8) is 0 Å². The molecule has 292 valence electrons. The monoisotopic (exact) mass is 768 g/mol. The van der Waals surface area contributed by atoms with Crippen molar-refractivity contribution in [3.05, 3.63) is 112 Å². The van der Waals surface area contributed by atoms with Crippen LogP contribution in [0, 0.1) is 0 Å². The molecule has 9 rings (SSSR count). The van der Waals surface area contributed by atoms with Crippen LogP contribution in [0.15, 0.2) is 78.2 Å². The van der Waals surface area contributed by atoms with E-state index in [1.807, 2.05) is 43.3 Å². The molecular weight excluding hydrogens is 725 g/mol. The van der Waals surface area contributed by atoms with E-state index in [1.54, 1.807) is 15.7 Å². The summed E-state index contributed by atoms with van der Waals surface area (Å²) in [5, 5.41) is 17.3. The van der Waals surface area contributed by atoms with Crippen LogP contribution in [0.3, 0.4) is 0 Å². The maximum Gasteiger partial charge on any atom is 0.278 e. The molecule has 57 heavy (non-hydrogen) atoms. The Morgan fingerprint density at radius 3 is 2.54 bits per heavy atom. The SMILES string of the molecule is C=CCn1c(=O)c2cnc(Nc3ccc(CN4CCN(c5ccc6c(c5)CN(C5CCC(=O)NC5=O)C6=O)CC4)cc3)nc2n1-c1ccc2c(n1)[C@@](O)(CC)CC2. The smallest absolute Gasteiger partial charge is 0.278 e. The molecule has 3 amide bonds. The Morgan fingerprint density at radius 2 is 1.79 bits per heavy atom. The summed E-state index contributed by atoms with van der Waals surface area (Å²) in [5.74, 6) is -0.0262. The number of carbonyl (C=O) groups excluding carboxylic acids is 3. The summed E-state index contributed by atoms with van der Waals surface area (Å²) in [6.07, 6.45) is 5.68. The first kappa shape index (κ1) is 36.4. The normalized spacial score (nSPS) is 20.9. The lowest BCUT2D eigenvalue weighted by atomic mass is 9.98. The number of nitrogens with one attached hydrogen (secondary N) is 2. The lowest BCUT2D eigenvalue weighted by Gasteiger charge is -2.36. The Labute approximate surface area is 328 Å². The van der Waals surface area contributed by atoms with Gasteiger partial charge in [-0.15, -0.1) is 6.58 Å². The lowest BCUT2D eigenvalue weighted by Crippen LogP contribution is -2.52. The average molecular weight is 769 g/mol. The topological polar surface area (TPSA) is 171 Å². The van der Waals surface area contributed by atoms with Crippen molar-refractivity contribution < 1.29 is 19.5 Å². The standard InChI is InChI=1S/C42H44N10O5/c1-3-17-51-40(56)32-23-43-41(47-37(32)52(51)34-13-7-27-15-16-42(57,4-2)36(27)45-34)44-29-8-5-26(6-9-29)24-48-18-20-49(21-19-48)30-10-11-31-28(22-30)25-50(39(31)55)33-12-14-35(53)46-38(33)54/h3,5-11,13,22-23,33,57H,1,4,12,14-21,24-25H2,2H3,(H,43,44,47)(H,46,53,54)/t33?,42-/m1/s1. The third-order valence-corrected chi connectivity index (χ3v) is 11.9. The van der Waals surface area contributed by atoms with Crippen molar-refractivity contribution in [1.29, 1.82) is 0 Å². The number of hydrogen-bond donors (Lipinski definition) is 3. The molecule has 3 aliphatic heterocycles. The molecule has 6 heterocycles. The van der Waals surface area contributed by atoms with Gasteiger partial charge in [0.25, 0.3) is 11.5 Å². The summed E-state index contributed by atoms with van der Waals surface area (Å²) >= 11 is 0. The first-order valence-electron chi connectivity index (χ1n) is 19.6. The second-order valence-corrected chi connectivity index (χ2v) is 15.3. The van der Waals surface area contributed by atoms with Gasteiger partial charge in [0.05, 0.1) is 12.2 Å². The number of anilines is 3. The molecule has 15 heteroatoms. The number of aromatic nitrogens is 5. The van der Waals surface area contributed by atoms with E-state index in [0.29, 0.717) is 59.9 Å². The number of nitrogens with zero attached hydrogens (tertiary/aromatic N) is 8. The second kappa shape index (κ2) is 14.4. The highest BCUT2D eigenvalue weighted by molar-refractivity contribution is 6.05. The van der Waals surface area contributed by atoms with Gasteiger partial charge >= 0.3 is 0 Å². The number of pyridine rings is 1. The van der Waals surface area contributed by atoms with Crippen molar-refractivity contribution in [3.8, 4) is 5.82 Å². The van der Waals surface area contributed by atoms with Gasteiger partial charge in [0.2, 0.25) is 17.8 Å². The molecule has 5 aromatic rings. The average Bonchev–Trinajstić information content (AvgIpc) is 3.83. The van der Waals surface area contributed by atoms with Crippen LogP contribution in [0.2, 0.25) is 0 Å². The van der Waals surface area contributed by atoms with Crippen LogP contribution in [0.25, 0.3) is 16.9 Å². The Bertz CT molecular complexity index is 2500. The van der Waals surface area contributed by atoms with E-state index in [1.165, 1.54) is 16.4 Å². The fourth-order valence-corrected chi connectivity index (χ4v) is 8.62. The first-order valence-corrected chi connectivity index (χ1v) is 19.6. The number of fused-ring (bicyclic) bond motifs is 3. The molecule has 2 atom stereocenters. The second-order valence-electron chi connectivity index (χ2n) is 15.3. The van der Waals surface area contributed by atoms with Gasteiger partial charge in [-0.1, -0.05) is 31.2 Å². The van der Waals surface area contributed by atoms with Crippen LogP contribution in [-0.2, 0) is 41.2 Å². The van der Waals surface area contributed by atoms with E-state index in [2.05, 4.69) is 50.2 Å². The van der Waals surface area contributed by atoms with Gasteiger partial charge in [-0.25, -0.2) is 19.3 Å². The summed E-state index contributed by atoms with van der Waals surface area (Å²) in [7, 11) is 0. The van der Waals surface area contributed by atoms with Crippen molar-refractivity contribution in [2.75, 3.05) is 36.4 Å². The van der Waals surface area contributed by atoms with Crippen molar-refractivity contribution >= 4 is 46.1 Å². The Morgan fingerprint density at radius 1 is 0.982 bits per heavy atom. The molecule has 3 aromatic heterocycles. The minimum absolute atomic E-state index is 0.161. The summed E-state index contributed by atoms with van der Waals surface area (Å²) in [5.41, 5.74) is 5.37. The van der Waals surface area contributed by atoms with Crippen LogP contribution < -0.4 is 21.1 Å². The molecule has 1 unspecified atom stereocenters. The van der Waals surface area contributed by atoms with Gasteiger partial charge in [0.1, 0.15) is 17.0 Å². The van der Waals surface area contributed by atoms with Crippen LogP contribution in [0.4, 0.5) is 17.3 Å². The summed E-state index contributed by atoms with van der Waals surface area (Å²) in [4.78, 5) is 71.2. The highest BCUT2D eigenvalue weighted by Crippen LogP contribution is 2.38. The molecule has 0 radical (unpaired) electrons. The number of carbonyl (C=O) groups is 3. The number of benzene rings is 2. The van der Waals surface area contributed by atoms with E-state index in [4.69, 9.17) is 9.97 Å². The first-order chi connectivity index (χ1) is 27.6. The molecule has 3 N–H and O–H groups in total. The fraction of sp³-hybridized carbons (Fsp3) is 0.357. The van der Waals surface area contributed by atoms with Crippen molar-refractivity contribution in [2.24, 2.45) is 0 Å². The number of piperidine rings is 1. The van der Waals surface area contributed by atoms with Gasteiger partial charge in [-0.2, -0.15) is 4.98 Å². The Balaban J connectivity index is 0.849. The van der Waals surface area contributed by atoms with Crippen LogP contribution >= 0.6 is 0 Å². The number of aliphatic hydroxyl groups is 1. The molecule has 4 aliphatic rings. The highest BCUT2D eigenvalue weighted by atomic mass is 16.3. The summed E-state index contributed by atoms with van der Waals surface area (Å²) in [6, 6.07) is 17.3. The Hall–Kier alpha value is -6.19. The van der Waals surface area contributed by atoms with Crippen molar-refractivity contribution in [2.45, 2.75) is 70.3 Å². The third kappa shape index (κ3) is 6.55.